The minimum absolute atomic E-state index is 0.0967. The average Bonchev–Trinajstić information content (AvgIpc) is 3.49. The van der Waals surface area contributed by atoms with Gasteiger partial charge in [0.15, 0.2) is 11.6 Å². The molecule has 5 rings (SSSR count). The average molecular weight is 473 g/mol. The number of hydrogen-bond donors (Lipinski definition) is 2. The molecule has 1 fully saturated rings. The van der Waals surface area contributed by atoms with Crippen molar-refractivity contribution in [3.8, 4) is 28.4 Å². The number of halogens is 1. The van der Waals surface area contributed by atoms with Gasteiger partial charge in [-0.05, 0) is 24.3 Å². The Hall–Kier alpha value is -3.55. The second-order valence-corrected chi connectivity index (χ2v) is 8.96. The molecule has 0 radical (unpaired) electrons. The smallest absolute Gasteiger partial charge is 0.306 e. The normalized spacial score (nSPS) is 15.8. The van der Waals surface area contributed by atoms with Crippen molar-refractivity contribution in [2.45, 2.75) is 0 Å². The quantitative estimate of drug-likeness (QED) is 0.416. The van der Waals surface area contributed by atoms with Crippen molar-refractivity contribution in [1.82, 2.24) is 28.4 Å². The summed E-state index contributed by atoms with van der Waals surface area (Å²) in [5.41, 5.74) is 2.34. The van der Waals surface area contributed by atoms with Crippen molar-refractivity contribution >= 4 is 22.0 Å². The maximum atomic E-state index is 13.9. The highest BCUT2D eigenvalue weighted by Gasteiger charge is 2.27. The SMILES string of the molecule is COc1cc(-c2nc3occn3c2-c2ccnc(NCCN3CCNS3(=O)=O)n2)ccc1F. The molecule has 3 aromatic heterocycles. The highest BCUT2D eigenvalue weighted by Crippen LogP contribution is 2.34. The summed E-state index contributed by atoms with van der Waals surface area (Å²) in [5.74, 6) is 0.301. The molecule has 1 aromatic carbocycles. The van der Waals surface area contributed by atoms with Crippen molar-refractivity contribution in [3.05, 3.63) is 48.7 Å². The van der Waals surface area contributed by atoms with Gasteiger partial charge in [0.25, 0.3) is 10.2 Å². The van der Waals surface area contributed by atoms with Crippen LogP contribution in [0.25, 0.3) is 28.5 Å². The molecule has 0 amide bonds. The molecule has 13 heteroatoms. The second-order valence-electron chi connectivity index (χ2n) is 7.20. The Labute approximate surface area is 188 Å². The Kier molecular flexibility index (Phi) is 5.44. The van der Waals surface area contributed by atoms with Crippen LogP contribution in [0.5, 0.6) is 5.75 Å². The first-order valence-electron chi connectivity index (χ1n) is 10.1. The van der Waals surface area contributed by atoms with Gasteiger partial charge in [-0.3, -0.25) is 4.40 Å². The van der Waals surface area contributed by atoms with Crippen LogP contribution >= 0.6 is 0 Å². The maximum Gasteiger partial charge on any atom is 0.306 e. The highest BCUT2D eigenvalue weighted by atomic mass is 32.2. The van der Waals surface area contributed by atoms with Crippen molar-refractivity contribution in [3.63, 3.8) is 0 Å². The van der Waals surface area contributed by atoms with E-state index in [2.05, 4.69) is 25.0 Å². The van der Waals surface area contributed by atoms with E-state index in [-0.39, 0.29) is 12.3 Å². The lowest BCUT2D eigenvalue weighted by atomic mass is 10.1. The number of anilines is 1. The van der Waals surface area contributed by atoms with E-state index in [1.54, 1.807) is 35.0 Å². The minimum atomic E-state index is -3.40. The molecule has 0 saturated carbocycles. The number of ether oxygens (including phenoxy) is 1. The molecule has 0 atom stereocenters. The summed E-state index contributed by atoms with van der Waals surface area (Å²) in [6.45, 7) is 1.43. The molecule has 4 heterocycles. The number of oxazole rings is 1. The summed E-state index contributed by atoms with van der Waals surface area (Å²) in [7, 11) is -2.01. The van der Waals surface area contributed by atoms with E-state index in [1.165, 1.54) is 23.7 Å². The third kappa shape index (κ3) is 4.01. The van der Waals surface area contributed by atoms with Gasteiger partial charge in [0.1, 0.15) is 17.7 Å². The van der Waals surface area contributed by atoms with Crippen molar-refractivity contribution < 1.29 is 22.0 Å². The lowest BCUT2D eigenvalue weighted by Gasteiger charge is -2.13. The maximum absolute atomic E-state index is 13.9. The van der Waals surface area contributed by atoms with E-state index in [4.69, 9.17) is 9.15 Å². The molecule has 0 aliphatic carbocycles. The standard InChI is InChI=1S/C20H20FN7O4S/c1-31-16-12-13(2-3-14(16)21)17-18(28-10-11-32-20(28)26-17)15-4-5-22-19(25-15)23-6-8-27-9-7-24-33(27,29)30/h2-5,10-12,24H,6-9H2,1H3,(H,22,23,25). The first-order valence-corrected chi connectivity index (χ1v) is 11.5. The Morgan fingerprint density at radius 3 is 2.97 bits per heavy atom. The number of hydrogen-bond acceptors (Lipinski definition) is 8. The molecular weight excluding hydrogens is 453 g/mol. The Morgan fingerprint density at radius 1 is 1.30 bits per heavy atom. The Bertz CT molecular complexity index is 1420. The van der Waals surface area contributed by atoms with Crippen LogP contribution in [0.3, 0.4) is 0 Å². The van der Waals surface area contributed by atoms with Crippen molar-refractivity contribution in [1.29, 1.82) is 0 Å². The number of fused-ring (bicyclic) bond motifs is 1. The molecule has 1 aliphatic rings. The molecule has 172 valence electrons. The fourth-order valence-corrected chi connectivity index (χ4v) is 4.84. The number of nitrogens with zero attached hydrogens (tertiary/aromatic N) is 5. The number of aromatic nitrogens is 4. The van der Waals surface area contributed by atoms with E-state index in [9.17, 15) is 12.8 Å². The van der Waals surface area contributed by atoms with Crippen LogP contribution in [-0.4, -0.2) is 65.4 Å². The van der Waals surface area contributed by atoms with Gasteiger partial charge >= 0.3 is 5.84 Å². The van der Waals surface area contributed by atoms with Crippen molar-refractivity contribution in [2.24, 2.45) is 0 Å². The molecule has 0 bridgehead atoms. The lowest BCUT2D eigenvalue weighted by molar-refractivity contribution is 0.387. The number of benzene rings is 1. The summed E-state index contributed by atoms with van der Waals surface area (Å²) in [6, 6.07) is 6.20. The van der Waals surface area contributed by atoms with E-state index >= 15 is 0 Å². The van der Waals surface area contributed by atoms with Crippen LogP contribution in [0.4, 0.5) is 10.3 Å². The van der Waals surface area contributed by atoms with Crippen LogP contribution in [-0.2, 0) is 10.2 Å². The largest absolute Gasteiger partial charge is 0.494 e. The van der Waals surface area contributed by atoms with Crippen LogP contribution in [0.2, 0.25) is 0 Å². The minimum Gasteiger partial charge on any atom is -0.494 e. The highest BCUT2D eigenvalue weighted by molar-refractivity contribution is 7.87. The zero-order valence-corrected chi connectivity index (χ0v) is 18.3. The van der Waals surface area contributed by atoms with Crippen LogP contribution < -0.4 is 14.8 Å². The summed E-state index contributed by atoms with van der Waals surface area (Å²) >= 11 is 0. The van der Waals surface area contributed by atoms with Gasteiger partial charge < -0.3 is 14.5 Å². The van der Waals surface area contributed by atoms with Gasteiger partial charge in [0, 0.05) is 44.1 Å². The Balaban J connectivity index is 1.46. The van der Waals surface area contributed by atoms with Gasteiger partial charge in [-0.25, -0.2) is 19.1 Å². The third-order valence-corrected chi connectivity index (χ3v) is 6.83. The zero-order chi connectivity index (χ0) is 23.0. The number of rotatable bonds is 7. The monoisotopic (exact) mass is 473 g/mol. The predicted octanol–water partition coefficient (Wildman–Crippen LogP) is 1.76. The van der Waals surface area contributed by atoms with Crippen LogP contribution in [0.1, 0.15) is 0 Å². The first kappa shape index (κ1) is 21.3. The third-order valence-electron chi connectivity index (χ3n) is 5.21. The van der Waals surface area contributed by atoms with Gasteiger partial charge in [-0.2, -0.15) is 17.7 Å². The fourth-order valence-electron chi connectivity index (χ4n) is 3.65. The van der Waals surface area contributed by atoms with Gasteiger partial charge in [0.2, 0.25) is 5.95 Å². The van der Waals surface area contributed by atoms with Gasteiger partial charge in [0.05, 0.1) is 12.8 Å². The molecule has 1 aliphatic heterocycles. The van der Waals surface area contributed by atoms with Crippen LogP contribution in [0.15, 0.2) is 47.3 Å². The van der Waals surface area contributed by atoms with E-state index < -0.39 is 16.0 Å². The van der Waals surface area contributed by atoms with Gasteiger partial charge in [-0.1, -0.05) is 0 Å². The molecule has 11 nitrogen and oxygen atoms in total. The molecule has 0 unspecified atom stereocenters. The summed E-state index contributed by atoms with van der Waals surface area (Å²) in [5, 5.41) is 3.06. The molecule has 1 saturated heterocycles. The van der Waals surface area contributed by atoms with Gasteiger partial charge in [-0.15, -0.1) is 0 Å². The number of methoxy groups -OCH3 is 1. The molecule has 0 spiro atoms. The Morgan fingerprint density at radius 2 is 2.18 bits per heavy atom. The molecule has 2 N–H and O–H groups in total. The summed E-state index contributed by atoms with van der Waals surface area (Å²) in [6.07, 6.45) is 4.81. The second kappa shape index (κ2) is 8.42. The lowest BCUT2D eigenvalue weighted by Crippen LogP contribution is -2.33. The number of nitrogens with one attached hydrogen (secondary N) is 2. The van der Waals surface area contributed by atoms with E-state index in [0.717, 1.165) is 0 Å². The fraction of sp³-hybridized carbons (Fsp3) is 0.250. The summed E-state index contributed by atoms with van der Waals surface area (Å²) in [4.78, 5) is 13.4. The molecule has 33 heavy (non-hydrogen) atoms. The van der Waals surface area contributed by atoms with Crippen molar-refractivity contribution in [2.75, 3.05) is 38.6 Å². The van der Waals surface area contributed by atoms with E-state index in [1.807, 2.05) is 0 Å². The zero-order valence-electron chi connectivity index (χ0n) is 17.5. The number of imidazole rings is 1. The molecule has 4 aromatic rings. The molecular formula is C20H20FN7O4S. The first-order chi connectivity index (χ1) is 16.0. The van der Waals surface area contributed by atoms with E-state index in [0.29, 0.717) is 54.1 Å². The predicted molar refractivity (Wildman–Crippen MR) is 117 cm³/mol. The summed E-state index contributed by atoms with van der Waals surface area (Å²) < 4.78 is 53.8. The topological polar surface area (TPSA) is 127 Å². The van der Waals surface area contributed by atoms with Crippen LogP contribution in [0, 0.1) is 5.82 Å².